The van der Waals surface area contributed by atoms with E-state index in [1.807, 2.05) is 23.3 Å². The molecule has 0 saturated carbocycles. The summed E-state index contributed by atoms with van der Waals surface area (Å²) in [5.41, 5.74) is 0.901. The van der Waals surface area contributed by atoms with Crippen molar-refractivity contribution in [1.29, 1.82) is 0 Å². The number of aliphatic hydroxyl groups excluding tert-OH is 1. The van der Waals surface area contributed by atoms with Gasteiger partial charge in [-0.15, -0.1) is 0 Å². The van der Waals surface area contributed by atoms with Crippen molar-refractivity contribution in [3.63, 3.8) is 0 Å². The van der Waals surface area contributed by atoms with Crippen LogP contribution >= 0.6 is 0 Å². The van der Waals surface area contributed by atoms with Gasteiger partial charge >= 0.3 is 0 Å². The van der Waals surface area contributed by atoms with Gasteiger partial charge in [0.2, 0.25) is 6.33 Å². The van der Waals surface area contributed by atoms with Gasteiger partial charge in [0.1, 0.15) is 42.9 Å². The van der Waals surface area contributed by atoms with Gasteiger partial charge in [-0.25, -0.2) is 4.57 Å². The third-order valence-corrected chi connectivity index (χ3v) is 6.51. The highest BCUT2D eigenvalue weighted by Gasteiger charge is 2.47. The number of aryl methyl sites for hydroxylation is 1. The summed E-state index contributed by atoms with van der Waals surface area (Å²) in [7, 11) is 3.05. The molecule has 0 radical (unpaired) electrons. The summed E-state index contributed by atoms with van der Waals surface area (Å²) >= 11 is 0. The minimum atomic E-state index is -0.856. The van der Waals surface area contributed by atoms with Gasteiger partial charge in [0.05, 0.1) is 32.4 Å². The molecule has 0 spiro atoms. The van der Waals surface area contributed by atoms with Crippen LogP contribution in [0.2, 0.25) is 0 Å². The van der Waals surface area contributed by atoms with E-state index in [-0.39, 0.29) is 11.3 Å². The number of amides is 1. The van der Waals surface area contributed by atoms with Crippen LogP contribution in [-0.2, 0) is 16.1 Å². The first-order valence-corrected chi connectivity index (χ1v) is 11.9. The molecule has 1 amide bonds. The van der Waals surface area contributed by atoms with Crippen LogP contribution in [0, 0.1) is 0 Å². The number of aliphatic hydroxyl groups is 1. The van der Waals surface area contributed by atoms with Gasteiger partial charge in [-0.3, -0.25) is 14.6 Å². The molecule has 3 aromatic rings. The molecule has 37 heavy (non-hydrogen) atoms. The topological polar surface area (TPSA) is 114 Å². The van der Waals surface area contributed by atoms with Crippen molar-refractivity contribution in [2.45, 2.75) is 19.0 Å². The number of carbonyl (C=O) groups is 2. The van der Waals surface area contributed by atoms with E-state index in [0.717, 1.165) is 0 Å². The summed E-state index contributed by atoms with van der Waals surface area (Å²) in [5.74, 6) is 0.286. The number of hydrogen-bond donors (Lipinski definition) is 2. The second-order valence-corrected chi connectivity index (χ2v) is 8.66. The maximum absolute atomic E-state index is 13.4. The number of H-pyrrole nitrogens is 1. The lowest BCUT2D eigenvalue weighted by Crippen LogP contribution is -2.36. The first-order valence-electron chi connectivity index (χ1n) is 11.9. The molecule has 0 aliphatic carbocycles. The highest BCUT2D eigenvalue weighted by Crippen LogP contribution is 2.44. The minimum absolute atomic E-state index is 0.0144. The SMILES string of the molecule is COc1ccc(C2C(=C(O)c3ccc4c(c3)OCCO4)C(=O)C(=O)N2CCC[n+]2cc[nH]c2)c(OC)c1. The fourth-order valence-electron chi connectivity index (χ4n) is 4.71. The second kappa shape index (κ2) is 10.3. The molecule has 10 nitrogen and oxygen atoms in total. The smallest absolute Gasteiger partial charge is 0.295 e. The molecule has 2 aliphatic heterocycles. The number of benzene rings is 2. The molecule has 1 aromatic heterocycles. The number of aromatic amines is 1. The Bertz CT molecular complexity index is 1350. The average molecular weight is 507 g/mol. The van der Waals surface area contributed by atoms with Gasteiger partial charge in [0.15, 0.2) is 11.5 Å². The number of Topliss-reactive ketones (excluding diaryl/α,β-unsaturated/α-hetero) is 1. The summed E-state index contributed by atoms with van der Waals surface area (Å²) in [4.78, 5) is 31.1. The Kier molecular flexibility index (Phi) is 6.72. The number of aromatic nitrogens is 2. The monoisotopic (exact) mass is 506 g/mol. The van der Waals surface area contributed by atoms with Gasteiger partial charge in [-0.05, 0) is 30.3 Å². The van der Waals surface area contributed by atoms with Crippen molar-refractivity contribution in [1.82, 2.24) is 9.88 Å². The number of rotatable bonds is 8. The number of imidazole rings is 1. The van der Waals surface area contributed by atoms with Crippen LogP contribution in [0.15, 0.2) is 60.7 Å². The molecular formula is C27H28N3O7+. The minimum Gasteiger partial charge on any atom is -0.507 e. The van der Waals surface area contributed by atoms with Crippen molar-refractivity contribution in [3.05, 3.63) is 71.8 Å². The highest BCUT2D eigenvalue weighted by molar-refractivity contribution is 6.46. The van der Waals surface area contributed by atoms with Crippen LogP contribution in [0.1, 0.15) is 23.6 Å². The van der Waals surface area contributed by atoms with Crippen LogP contribution in [0.25, 0.3) is 5.76 Å². The molecule has 1 atom stereocenters. The average Bonchev–Trinajstić information content (AvgIpc) is 3.54. The Morgan fingerprint density at radius 3 is 2.65 bits per heavy atom. The number of fused-ring (bicyclic) bond motifs is 1. The van der Waals surface area contributed by atoms with E-state index in [4.69, 9.17) is 18.9 Å². The van der Waals surface area contributed by atoms with Gasteiger partial charge in [-0.1, -0.05) is 0 Å². The Hall–Kier alpha value is -4.47. The van der Waals surface area contributed by atoms with Gasteiger partial charge < -0.3 is 29.0 Å². The second-order valence-electron chi connectivity index (χ2n) is 8.66. The highest BCUT2D eigenvalue weighted by atomic mass is 16.6. The van der Waals surface area contributed by atoms with E-state index in [1.54, 1.807) is 43.5 Å². The molecule has 10 heteroatoms. The Balaban J connectivity index is 1.58. The standard InChI is InChI=1S/C27H27N3O7/c1-34-18-5-6-19(21(15-18)35-2)24-23(25(31)17-4-7-20-22(14-17)37-13-12-36-20)26(32)27(33)30(24)10-3-9-29-11-8-28-16-29/h4-8,11,14-16,24H,3,9-10,12-13H2,1-2H3,(H,31,32)/p+1. The van der Waals surface area contributed by atoms with E-state index < -0.39 is 17.7 Å². The van der Waals surface area contributed by atoms with Crippen LogP contribution in [-0.4, -0.2) is 60.7 Å². The van der Waals surface area contributed by atoms with Crippen LogP contribution in [0.3, 0.4) is 0 Å². The largest absolute Gasteiger partial charge is 0.507 e. The number of ether oxygens (including phenoxy) is 4. The third kappa shape index (κ3) is 4.57. The number of likely N-dealkylation sites (tertiary alicyclic amines) is 1. The van der Waals surface area contributed by atoms with Crippen molar-refractivity contribution in [2.75, 3.05) is 34.0 Å². The third-order valence-electron chi connectivity index (χ3n) is 6.51. The zero-order valence-electron chi connectivity index (χ0n) is 20.6. The van der Waals surface area contributed by atoms with Gasteiger partial charge in [0, 0.05) is 30.2 Å². The molecule has 0 bridgehead atoms. The molecule has 2 N–H and O–H groups in total. The summed E-state index contributed by atoms with van der Waals surface area (Å²) in [6, 6.07) is 9.25. The molecule has 1 fully saturated rings. The van der Waals surface area contributed by atoms with Gasteiger partial charge in [0.25, 0.3) is 11.7 Å². The van der Waals surface area contributed by atoms with Crippen molar-refractivity contribution in [2.24, 2.45) is 0 Å². The predicted octanol–water partition coefficient (Wildman–Crippen LogP) is 2.60. The van der Waals surface area contributed by atoms with Gasteiger partial charge in [-0.2, -0.15) is 0 Å². The fraction of sp³-hybridized carbons (Fsp3) is 0.296. The lowest BCUT2D eigenvalue weighted by atomic mass is 9.94. The normalized spacial score (nSPS) is 18.2. The van der Waals surface area contributed by atoms with E-state index in [9.17, 15) is 14.7 Å². The zero-order chi connectivity index (χ0) is 25.9. The number of ketones is 1. The predicted molar refractivity (Wildman–Crippen MR) is 132 cm³/mol. The van der Waals surface area contributed by atoms with E-state index in [0.29, 0.717) is 66.8 Å². The van der Waals surface area contributed by atoms with Crippen molar-refractivity contribution in [3.8, 4) is 23.0 Å². The van der Waals surface area contributed by atoms with Crippen molar-refractivity contribution >= 4 is 17.4 Å². The van der Waals surface area contributed by atoms with E-state index >= 15 is 0 Å². The van der Waals surface area contributed by atoms with Crippen LogP contribution < -0.4 is 23.5 Å². The molecule has 5 rings (SSSR count). The fourth-order valence-corrected chi connectivity index (χ4v) is 4.71. The summed E-state index contributed by atoms with van der Waals surface area (Å²) in [6.45, 7) is 1.74. The first kappa shape index (κ1) is 24.2. The van der Waals surface area contributed by atoms with E-state index in [2.05, 4.69) is 4.98 Å². The molecule has 2 aromatic carbocycles. The molecule has 1 saturated heterocycles. The zero-order valence-corrected chi connectivity index (χ0v) is 20.6. The first-order chi connectivity index (χ1) is 18.0. The molecule has 3 heterocycles. The number of methoxy groups -OCH3 is 2. The molecule has 2 aliphatic rings. The maximum atomic E-state index is 13.4. The molecule has 192 valence electrons. The van der Waals surface area contributed by atoms with Crippen molar-refractivity contribution < 1.29 is 38.2 Å². The Morgan fingerprint density at radius 2 is 1.92 bits per heavy atom. The maximum Gasteiger partial charge on any atom is 0.295 e. The quantitative estimate of drug-likeness (QED) is 0.209. The van der Waals surface area contributed by atoms with Crippen LogP contribution in [0.4, 0.5) is 0 Å². The lowest BCUT2D eigenvalue weighted by Gasteiger charge is -2.26. The number of nitrogens with zero attached hydrogens (tertiary/aromatic N) is 2. The Morgan fingerprint density at radius 1 is 1.11 bits per heavy atom. The van der Waals surface area contributed by atoms with E-state index in [1.165, 1.54) is 12.0 Å². The number of nitrogens with one attached hydrogen (secondary N) is 1. The number of carbonyl (C=O) groups excluding carboxylic acids is 2. The Labute approximate surface area is 213 Å². The summed E-state index contributed by atoms with van der Waals surface area (Å²) in [5, 5.41) is 11.4. The summed E-state index contributed by atoms with van der Waals surface area (Å²) in [6.07, 6.45) is 6.11. The van der Waals surface area contributed by atoms with Crippen LogP contribution in [0.5, 0.6) is 23.0 Å². The summed E-state index contributed by atoms with van der Waals surface area (Å²) < 4.78 is 24.1. The number of hydrogen-bond acceptors (Lipinski definition) is 7. The lowest BCUT2D eigenvalue weighted by molar-refractivity contribution is -0.695. The molecular weight excluding hydrogens is 478 g/mol. The molecule has 1 unspecified atom stereocenters.